The maximum Gasteiger partial charge on any atom is 0.170 e. The molecule has 0 aliphatic carbocycles. The zero-order valence-electron chi connectivity index (χ0n) is 8.76. The molecule has 3 aromatic heterocycles. The van der Waals surface area contributed by atoms with Crippen LogP contribution in [0.25, 0.3) is 17.0 Å². The van der Waals surface area contributed by atoms with E-state index in [1.54, 1.807) is 29.7 Å². The zero-order valence-corrected chi connectivity index (χ0v) is 12.8. The Hall–Kier alpha value is -1.23. The number of thiophene rings is 1. The molecule has 0 radical (unpaired) electrons. The molecule has 0 saturated carbocycles. The van der Waals surface area contributed by atoms with Gasteiger partial charge >= 0.3 is 0 Å². The van der Waals surface area contributed by atoms with Crippen molar-refractivity contribution >= 4 is 48.8 Å². The maximum absolute atomic E-state index is 8.85. The molecule has 0 spiro atoms. The average Bonchev–Trinajstić information content (AvgIpc) is 2.91. The van der Waals surface area contributed by atoms with Gasteiger partial charge in [0.25, 0.3) is 0 Å². The van der Waals surface area contributed by atoms with E-state index in [9.17, 15) is 0 Å². The van der Waals surface area contributed by atoms with Gasteiger partial charge in [0.15, 0.2) is 11.5 Å². The fourth-order valence-corrected chi connectivity index (χ4v) is 4.43. The van der Waals surface area contributed by atoms with Gasteiger partial charge in [-0.25, -0.2) is 0 Å². The van der Waals surface area contributed by atoms with Gasteiger partial charge < -0.3 is 0 Å². The summed E-state index contributed by atoms with van der Waals surface area (Å²) in [5, 5.41) is 17.1. The Bertz CT molecular complexity index is 784. The van der Waals surface area contributed by atoms with E-state index in [1.165, 1.54) is 0 Å². The number of hydrogen-bond donors (Lipinski definition) is 0. The van der Waals surface area contributed by atoms with Crippen LogP contribution in [0.5, 0.6) is 0 Å². The molecule has 0 aliphatic heterocycles. The highest BCUT2D eigenvalue weighted by atomic mass is 79.9. The van der Waals surface area contributed by atoms with Crippen molar-refractivity contribution in [3.8, 4) is 17.5 Å². The van der Waals surface area contributed by atoms with E-state index in [1.807, 2.05) is 10.5 Å². The number of halogens is 2. The number of hydrogen-bond acceptors (Lipinski definition) is 4. The molecule has 0 aromatic carbocycles. The van der Waals surface area contributed by atoms with Crippen LogP contribution in [0.4, 0.5) is 0 Å². The van der Waals surface area contributed by atoms with E-state index < -0.39 is 0 Å². The summed E-state index contributed by atoms with van der Waals surface area (Å²) < 4.78 is 3.88. The summed E-state index contributed by atoms with van der Waals surface area (Å²) in [6.07, 6.45) is 1.81. The van der Waals surface area contributed by atoms with E-state index in [-0.39, 0.29) is 0 Å². The molecule has 3 rings (SSSR count). The van der Waals surface area contributed by atoms with Gasteiger partial charge in [-0.15, -0.1) is 21.5 Å². The molecular weight excluding hydrogens is 380 g/mol. The molecule has 0 aliphatic rings. The van der Waals surface area contributed by atoms with Gasteiger partial charge in [0.1, 0.15) is 0 Å². The lowest BCUT2D eigenvalue weighted by Crippen LogP contribution is -1.89. The predicted octanol–water partition coefficient (Wildman–Crippen LogP) is 3.85. The minimum atomic E-state index is 0.576. The molecule has 88 valence electrons. The number of fused-ring (bicyclic) bond motifs is 1. The van der Waals surface area contributed by atoms with E-state index in [0.29, 0.717) is 11.2 Å². The van der Waals surface area contributed by atoms with Crippen LogP contribution < -0.4 is 0 Å². The summed E-state index contributed by atoms with van der Waals surface area (Å²) >= 11 is 8.53. The quantitative estimate of drug-likeness (QED) is 0.641. The van der Waals surface area contributed by atoms with E-state index in [4.69, 9.17) is 5.26 Å². The van der Waals surface area contributed by atoms with E-state index in [2.05, 4.69) is 48.1 Å². The Kier molecular flexibility index (Phi) is 2.93. The van der Waals surface area contributed by atoms with Crippen LogP contribution in [0.1, 0.15) is 5.56 Å². The van der Waals surface area contributed by atoms with Crippen LogP contribution in [-0.4, -0.2) is 14.6 Å². The normalized spacial score (nSPS) is 10.7. The number of pyridine rings is 1. The summed E-state index contributed by atoms with van der Waals surface area (Å²) in [4.78, 5) is 0. The summed E-state index contributed by atoms with van der Waals surface area (Å²) in [5.41, 5.74) is 2.22. The summed E-state index contributed by atoms with van der Waals surface area (Å²) in [6, 6.07) is 7.54. The molecule has 4 nitrogen and oxygen atoms in total. The first-order chi connectivity index (χ1) is 8.69. The molecule has 18 heavy (non-hydrogen) atoms. The molecule has 7 heteroatoms. The van der Waals surface area contributed by atoms with Crippen LogP contribution in [0.3, 0.4) is 0 Å². The highest BCUT2D eigenvalue weighted by Gasteiger charge is 2.14. The van der Waals surface area contributed by atoms with Crippen molar-refractivity contribution in [2.24, 2.45) is 0 Å². The van der Waals surface area contributed by atoms with E-state index in [0.717, 1.165) is 19.0 Å². The van der Waals surface area contributed by atoms with Crippen molar-refractivity contribution in [3.05, 3.63) is 37.5 Å². The molecule has 0 fully saturated rings. The molecule has 0 saturated heterocycles. The Morgan fingerprint density at radius 1 is 1.28 bits per heavy atom. The van der Waals surface area contributed by atoms with Crippen molar-refractivity contribution in [1.82, 2.24) is 14.6 Å². The Morgan fingerprint density at radius 2 is 2.11 bits per heavy atom. The van der Waals surface area contributed by atoms with Gasteiger partial charge in [-0.1, -0.05) is 0 Å². The topological polar surface area (TPSA) is 54.0 Å². The number of aromatic nitrogens is 3. The van der Waals surface area contributed by atoms with Crippen molar-refractivity contribution in [2.45, 2.75) is 0 Å². The number of rotatable bonds is 1. The highest BCUT2D eigenvalue weighted by Crippen LogP contribution is 2.37. The third-order valence-corrected chi connectivity index (χ3v) is 4.78. The second kappa shape index (κ2) is 4.46. The maximum atomic E-state index is 8.85. The molecule has 3 heterocycles. The lowest BCUT2D eigenvalue weighted by Gasteiger charge is -1.98. The standard InChI is InChI=1S/C11H4Br2N4S/c12-8-4-7(10(13)18-8)11-16-15-9-3-6(5-14)1-2-17(9)11/h1-4H. The fourth-order valence-electron chi connectivity index (χ4n) is 1.64. The monoisotopic (exact) mass is 382 g/mol. The van der Waals surface area contributed by atoms with Crippen LogP contribution >= 0.6 is 43.2 Å². The molecule has 0 atom stereocenters. The smallest absolute Gasteiger partial charge is 0.170 e. The molecule has 0 unspecified atom stereocenters. The SMILES string of the molecule is N#Cc1ccn2c(-c3cc(Br)sc3Br)nnc2c1. The highest BCUT2D eigenvalue weighted by molar-refractivity contribution is 9.12. The van der Waals surface area contributed by atoms with Crippen LogP contribution in [0, 0.1) is 11.3 Å². The molecular formula is C11H4Br2N4S. The Morgan fingerprint density at radius 3 is 2.78 bits per heavy atom. The minimum absolute atomic E-state index is 0.576. The largest absolute Gasteiger partial charge is 0.282 e. The third-order valence-electron chi connectivity index (χ3n) is 2.44. The zero-order chi connectivity index (χ0) is 12.7. The van der Waals surface area contributed by atoms with Crippen molar-refractivity contribution < 1.29 is 0 Å². The van der Waals surface area contributed by atoms with Gasteiger partial charge in [-0.2, -0.15) is 5.26 Å². The van der Waals surface area contributed by atoms with Crippen LogP contribution in [-0.2, 0) is 0 Å². The third kappa shape index (κ3) is 1.86. The molecule has 0 N–H and O–H groups in total. The second-order valence-corrected chi connectivity index (χ2v) is 7.27. The first-order valence-corrected chi connectivity index (χ1v) is 7.29. The first-order valence-electron chi connectivity index (χ1n) is 4.89. The second-order valence-electron chi connectivity index (χ2n) is 3.52. The van der Waals surface area contributed by atoms with Gasteiger partial charge in [-0.3, -0.25) is 4.40 Å². The van der Waals surface area contributed by atoms with Crippen LogP contribution in [0.2, 0.25) is 0 Å². The van der Waals surface area contributed by atoms with E-state index >= 15 is 0 Å². The first kappa shape index (κ1) is 11.8. The van der Waals surface area contributed by atoms with Gasteiger partial charge in [0.05, 0.1) is 19.2 Å². The fraction of sp³-hybridized carbons (Fsp3) is 0. The molecule has 0 amide bonds. The van der Waals surface area contributed by atoms with Gasteiger partial charge in [0.2, 0.25) is 0 Å². The average molecular weight is 384 g/mol. The summed E-state index contributed by atoms with van der Waals surface area (Å²) in [6.45, 7) is 0. The predicted molar refractivity (Wildman–Crippen MR) is 76.4 cm³/mol. The molecule has 0 bridgehead atoms. The number of nitrogens with zero attached hydrogens (tertiary/aromatic N) is 4. The minimum Gasteiger partial charge on any atom is -0.282 e. The number of nitriles is 1. The van der Waals surface area contributed by atoms with Crippen LogP contribution in [0.15, 0.2) is 32.0 Å². The Balaban J connectivity index is 2.25. The molecule has 3 aromatic rings. The van der Waals surface area contributed by atoms with Crippen molar-refractivity contribution in [3.63, 3.8) is 0 Å². The summed E-state index contributed by atoms with van der Waals surface area (Å²) in [5.74, 6) is 0.753. The van der Waals surface area contributed by atoms with Gasteiger partial charge in [0, 0.05) is 17.8 Å². The van der Waals surface area contributed by atoms with Gasteiger partial charge in [-0.05, 0) is 44.0 Å². The lowest BCUT2D eigenvalue weighted by atomic mass is 10.3. The van der Waals surface area contributed by atoms with Crippen molar-refractivity contribution in [1.29, 1.82) is 5.26 Å². The van der Waals surface area contributed by atoms with Crippen molar-refractivity contribution in [2.75, 3.05) is 0 Å². The Labute approximate surface area is 123 Å². The lowest BCUT2D eigenvalue weighted by molar-refractivity contribution is 1.11. The summed E-state index contributed by atoms with van der Waals surface area (Å²) in [7, 11) is 0.